The first kappa shape index (κ1) is 14.3. The van der Waals surface area contributed by atoms with Crippen LogP contribution in [0.5, 0.6) is 0 Å². The molecule has 2 heterocycles. The highest BCUT2D eigenvalue weighted by molar-refractivity contribution is 7.99. The monoisotopic (exact) mass is 314 g/mol. The van der Waals surface area contributed by atoms with Gasteiger partial charge in [-0.25, -0.2) is 15.0 Å². The Bertz CT molecular complexity index is 817. The predicted molar refractivity (Wildman–Crippen MR) is 85.2 cm³/mol. The molecule has 0 unspecified atom stereocenters. The molecule has 1 aromatic carbocycles. The molecular formula is C14H14N6OS. The van der Waals surface area contributed by atoms with Crippen molar-refractivity contribution in [3.8, 4) is 0 Å². The minimum atomic E-state index is -0.401. The minimum absolute atomic E-state index is 0.144. The van der Waals surface area contributed by atoms with Crippen LogP contribution in [0, 0.1) is 0 Å². The average Bonchev–Trinajstić information content (AvgIpc) is 2.86. The standard InChI is InChI=1S/C14H14N6OS/c15-10(21)7-22-14-19-11-12(16)17-8-18-13(11)20(14)6-9-4-2-1-3-5-9/h1-5,8H,6-7H2,(H2,15,21)(H2,16,17,18). The van der Waals surface area contributed by atoms with Crippen molar-refractivity contribution in [2.45, 2.75) is 11.7 Å². The number of amides is 1. The fraction of sp³-hybridized carbons (Fsp3) is 0.143. The maximum Gasteiger partial charge on any atom is 0.227 e. The Morgan fingerprint density at radius 1 is 1.23 bits per heavy atom. The fourth-order valence-corrected chi connectivity index (χ4v) is 2.82. The van der Waals surface area contributed by atoms with Crippen molar-refractivity contribution in [2.75, 3.05) is 11.5 Å². The predicted octanol–water partition coefficient (Wildman–Crippen LogP) is 1.03. The third kappa shape index (κ3) is 2.86. The topological polar surface area (TPSA) is 113 Å². The molecule has 0 saturated carbocycles. The van der Waals surface area contributed by atoms with E-state index in [4.69, 9.17) is 11.5 Å². The third-order valence-electron chi connectivity index (χ3n) is 3.05. The fourth-order valence-electron chi connectivity index (χ4n) is 2.09. The molecule has 0 saturated heterocycles. The number of hydrogen-bond acceptors (Lipinski definition) is 6. The molecule has 4 N–H and O–H groups in total. The molecular weight excluding hydrogens is 300 g/mol. The van der Waals surface area contributed by atoms with Crippen molar-refractivity contribution < 1.29 is 4.79 Å². The first-order valence-electron chi connectivity index (χ1n) is 6.57. The van der Waals surface area contributed by atoms with Crippen LogP contribution in [0.2, 0.25) is 0 Å². The number of hydrogen-bond donors (Lipinski definition) is 2. The van der Waals surface area contributed by atoms with Crippen LogP contribution in [0.1, 0.15) is 5.56 Å². The Balaban J connectivity index is 2.06. The molecule has 3 aromatic rings. The van der Waals surface area contributed by atoms with Crippen LogP contribution in [0.3, 0.4) is 0 Å². The molecule has 8 heteroatoms. The van der Waals surface area contributed by atoms with Gasteiger partial charge in [0, 0.05) is 0 Å². The molecule has 3 rings (SSSR count). The number of anilines is 1. The molecule has 0 aliphatic heterocycles. The van der Waals surface area contributed by atoms with Gasteiger partial charge >= 0.3 is 0 Å². The molecule has 0 atom stereocenters. The summed E-state index contributed by atoms with van der Waals surface area (Å²) in [4.78, 5) is 23.7. The van der Waals surface area contributed by atoms with E-state index in [9.17, 15) is 4.79 Å². The smallest absolute Gasteiger partial charge is 0.227 e. The highest BCUT2D eigenvalue weighted by atomic mass is 32.2. The quantitative estimate of drug-likeness (QED) is 0.680. The van der Waals surface area contributed by atoms with Crippen molar-refractivity contribution in [3.05, 3.63) is 42.2 Å². The van der Waals surface area contributed by atoms with Gasteiger partial charge in [0.15, 0.2) is 22.1 Å². The van der Waals surface area contributed by atoms with E-state index in [-0.39, 0.29) is 5.75 Å². The summed E-state index contributed by atoms with van der Waals surface area (Å²) in [5, 5.41) is 0.643. The van der Waals surface area contributed by atoms with Crippen molar-refractivity contribution in [1.82, 2.24) is 19.5 Å². The van der Waals surface area contributed by atoms with Crippen LogP contribution in [-0.2, 0) is 11.3 Å². The van der Waals surface area contributed by atoms with Gasteiger partial charge in [0.2, 0.25) is 5.91 Å². The number of nitrogens with two attached hydrogens (primary N) is 2. The molecule has 0 radical (unpaired) electrons. The molecule has 0 bridgehead atoms. The molecule has 2 aromatic heterocycles. The number of imidazole rings is 1. The van der Waals surface area contributed by atoms with Gasteiger partial charge in [0.25, 0.3) is 0 Å². The number of thioether (sulfide) groups is 1. The van der Waals surface area contributed by atoms with E-state index < -0.39 is 5.91 Å². The highest BCUT2D eigenvalue weighted by Gasteiger charge is 2.16. The number of nitrogens with zero attached hydrogens (tertiary/aromatic N) is 4. The number of benzene rings is 1. The van der Waals surface area contributed by atoms with Gasteiger partial charge in [-0.2, -0.15) is 0 Å². The second-order valence-corrected chi connectivity index (χ2v) is 5.59. The molecule has 0 fully saturated rings. The number of carbonyl (C=O) groups excluding carboxylic acids is 1. The zero-order chi connectivity index (χ0) is 15.5. The molecule has 1 amide bonds. The van der Waals surface area contributed by atoms with Gasteiger partial charge in [-0.3, -0.25) is 9.36 Å². The lowest BCUT2D eigenvalue weighted by Crippen LogP contribution is -2.14. The van der Waals surface area contributed by atoms with Crippen LogP contribution < -0.4 is 11.5 Å². The Labute approximate surface area is 130 Å². The summed E-state index contributed by atoms with van der Waals surface area (Å²) in [5.74, 6) is 0.0611. The van der Waals surface area contributed by atoms with Crippen molar-refractivity contribution in [3.63, 3.8) is 0 Å². The first-order valence-corrected chi connectivity index (χ1v) is 7.55. The third-order valence-corrected chi connectivity index (χ3v) is 4.05. The molecule has 7 nitrogen and oxygen atoms in total. The number of carbonyl (C=O) groups is 1. The van der Waals surface area contributed by atoms with Crippen molar-refractivity contribution in [1.29, 1.82) is 0 Å². The Hall–Kier alpha value is -2.61. The zero-order valence-corrected chi connectivity index (χ0v) is 12.5. The summed E-state index contributed by atoms with van der Waals surface area (Å²) in [6.07, 6.45) is 1.41. The van der Waals surface area contributed by atoms with Gasteiger partial charge in [-0.05, 0) is 5.56 Å². The summed E-state index contributed by atoms with van der Waals surface area (Å²) in [5.41, 5.74) is 13.3. The van der Waals surface area contributed by atoms with Crippen LogP contribution in [0.15, 0.2) is 41.8 Å². The van der Waals surface area contributed by atoms with Crippen molar-refractivity contribution >= 4 is 34.7 Å². The van der Waals surface area contributed by atoms with Gasteiger partial charge in [-0.15, -0.1) is 0 Å². The maximum absolute atomic E-state index is 11.0. The second-order valence-electron chi connectivity index (χ2n) is 4.65. The van der Waals surface area contributed by atoms with Crippen LogP contribution >= 0.6 is 11.8 Å². The zero-order valence-electron chi connectivity index (χ0n) is 11.6. The van der Waals surface area contributed by atoms with Gasteiger partial charge < -0.3 is 11.5 Å². The van der Waals surface area contributed by atoms with E-state index in [2.05, 4.69) is 15.0 Å². The van der Waals surface area contributed by atoms with E-state index in [1.54, 1.807) is 0 Å². The lowest BCUT2D eigenvalue weighted by atomic mass is 10.2. The summed E-state index contributed by atoms with van der Waals surface area (Å²) in [6, 6.07) is 9.91. The SMILES string of the molecule is NC(=O)CSc1nc2c(N)ncnc2n1Cc1ccccc1. The normalized spacial score (nSPS) is 10.9. The lowest BCUT2D eigenvalue weighted by molar-refractivity contribution is -0.115. The summed E-state index contributed by atoms with van der Waals surface area (Å²) in [7, 11) is 0. The number of rotatable bonds is 5. The van der Waals surface area contributed by atoms with Gasteiger partial charge in [0.1, 0.15) is 6.33 Å². The van der Waals surface area contributed by atoms with E-state index in [1.165, 1.54) is 18.1 Å². The lowest BCUT2D eigenvalue weighted by Gasteiger charge is -2.07. The summed E-state index contributed by atoms with van der Waals surface area (Å²) >= 11 is 1.26. The van der Waals surface area contributed by atoms with E-state index in [1.807, 2.05) is 34.9 Å². The number of fused-ring (bicyclic) bond motifs is 1. The average molecular weight is 314 g/mol. The summed E-state index contributed by atoms with van der Waals surface area (Å²) in [6.45, 7) is 0.578. The summed E-state index contributed by atoms with van der Waals surface area (Å²) < 4.78 is 1.91. The van der Waals surface area contributed by atoms with Gasteiger partial charge in [0.05, 0.1) is 12.3 Å². The van der Waals surface area contributed by atoms with Crippen LogP contribution in [0.25, 0.3) is 11.2 Å². The highest BCUT2D eigenvalue weighted by Crippen LogP contribution is 2.25. The van der Waals surface area contributed by atoms with Crippen LogP contribution in [0.4, 0.5) is 5.82 Å². The van der Waals surface area contributed by atoms with Gasteiger partial charge in [-0.1, -0.05) is 42.1 Å². The Morgan fingerprint density at radius 2 is 2.00 bits per heavy atom. The minimum Gasteiger partial charge on any atom is -0.382 e. The Kier molecular flexibility index (Phi) is 3.92. The second kappa shape index (κ2) is 6.02. The van der Waals surface area contributed by atoms with E-state index >= 15 is 0 Å². The molecule has 22 heavy (non-hydrogen) atoms. The number of aromatic nitrogens is 4. The molecule has 0 spiro atoms. The maximum atomic E-state index is 11.0. The number of nitrogen functional groups attached to an aromatic ring is 1. The molecule has 0 aliphatic carbocycles. The van der Waals surface area contributed by atoms with Crippen molar-refractivity contribution in [2.24, 2.45) is 5.73 Å². The van der Waals surface area contributed by atoms with Crippen LogP contribution in [-0.4, -0.2) is 31.2 Å². The molecule has 0 aliphatic rings. The van der Waals surface area contributed by atoms with E-state index in [0.29, 0.717) is 28.7 Å². The Morgan fingerprint density at radius 3 is 2.73 bits per heavy atom. The van der Waals surface area contributed by atoms with E-state index in [0.717, 1.165) is 5.56 Å². The first-order chi connectivity index (χ1) is 10.6. The largest absolute Gasteiger partial charge is 0.382 e. The molecule has 112 valence electrons. The number of primary amides is 1.